The summed E-state index contributed by atoms with van der Waals surface area (Å²) in [6.45, 7) is 8.04. The predicted molar refractivity (Wildman–Crippen MR) is 110 cm³/mol. The van der Waals surface area contributed by atoms with Crippen LogP contribution in [0.2, 0.25) is 0 Å². The molecular weight excluding hydrogens is 416 g/mol. The zero-order chi connectivity index (χ0) is 19.9. The zero-order valence-corrected chi connectivity index (χ0v) is 18.6. The molecule has 1 rings (SSSR count). The monoisotopic (exact) mass is 440 g/mol. The van der Waals surface area contributed by atoms with Crippen molar-refractivity contribution >= 4 is 67.5 Å². The van der Waals surface area contributed by atoms with E-state index in [-0.39, 0.29) is 31.0 Å². The maximum atomic E-state index is 11.8. The first-order valence-electron chi connectivity index (χ1n) is 8.07. The molecule has 0 aromatic heterocycles. The minimum atomic E-state index is -0.688. The van der Waals surface area contributed by atoms with Crippen LogP contribution in [0.1, 0.15) is 34.6 Å². The molecule has 1 saturated heterocycles. The Hall–Kier alpha value is -0.000000000000000167. The van der Waals surface area contributed by atoms with Crippen molar-refractivity contribution in [2.24, 2.45) is 0 Å². The van der Waals surface area contributed by atoms with Gasteiger partial charge in [0.2, 0.25) is 0 Å². The Morgan fingerprint density at radius 3 is 1.77 bits per heavy atom. The van der Waals surface area contributed by atoms with Crippen LogP contribution in [0.4, 0.5) is 0 Å². The summed E-state index contributed by atoms with van der Waals surface area (Å²) in [7, 11) is 0. The summed E-state index contributed by atoms with van der Waals surface area (Å²) < 4.78 is 11.7. The van der Waals surface area contributed by atoms with Crippen LogP contribution in [0, 0.1) is 0 Å². The fourth-order valence-electron chi connectivity index (χ4n) is 2.49. The van der Waals surface area contributed by atoms with E-state index in [1.807, 2.05) is 6.92 Å². The van der Waals surface area contributed by atoms with E-state index >= 15 is 0 Å². The van der Waals surface area contributed by atoms with Crippen molar-refractivity contribution in [2.45, 2.75) is 62.8 Å². The third kappa shape index (κ3) is 7.93. The number of carbonyl (C=O) groups is 4. The van der Waals surface area contributed by atoms with Gasteiger partial charge in [-0.15, -0.1) is 0 Å². The number of thioether (sulfide) groups is 4. The molecule has 5 atom stereocenters. The highest BCUT2D eigenvalue weighted by Crippen LogP contribution is 2.43. The van der Waals surface area contributed by atoms with Crippen LogP contribution >= 0.6 is 47.0 Å². The summed E-state index contributed by atoms with van der Waals surface area (Å²) >= 11 is 4.38. The molecule has 1 aliphatic rings. The van der Waals surface area contributed by atoms with E-state index in [9.17, 15) is 19.2 Å². The smallest absolute Gasteiger partial charge is 0.186 e. The highest BCUT2D eigenvalue weighted by molar-refractivity contribution is 8.19. The molecule has 148 valence electrons. The van der Waals surface area contributed by atoms with Crippen LogP contribution in [0.25, 0.3) is 0 Å². The zero-order valence-electron chi connectivity index (χ0n) is 15.4. The number of ether oxygens (including phenoxy) is 2. The first-order chi connectivity index (χ1) is 12.1. The lowest BCUT2D eigenvalue weighted by Crippen LogP contribution is -2.56. The average Bonchev–Trinajstić information content (AvgIpc) is 2.50. The van der Waals surface area contributed by atoms with Gasteiger partial charge in [-0.2, -0.15) is 0 Å². The lowest BCUT2D eigenvalue weighted by molar-refractivity contribution is -0.177. The van der Waals surface area contributed by atoms with E-state index in [2.05, 4.69) is 0 Å². The molecule has 1 fully saturated rings. The molecule has 10 heteroatoms. The van der Waals surface area contributed by atoms with E-state index < -0.39 is 17.6 Å². The van der Waals surface area contributed by atoms with Crippen LogP contribution in [0.3, 0.4) is 0 Å². The third-order valence-corrected chi connectivity index (χ3v) is 8.04. The number of carbonyl (C=O) groups excluding carboxylic acids is 4. The molecule has 1 aliphatic heterocycles. The van der Waals surface area contributed by atoms with Gasteiger partial charge in [-0.3, -0.25) is 19.2 Å². The number of hydrogen-bond acceptors (Lipinski definition) is 10. The van der Waals surface area contributed by atoms with Gasteiger partial charge in [-0.05, 0) is 6.92 Å². The molecule has 0 N–H and O–H groups in total. The molecule has 0 aliphatic carbocycles. The van der Waals surface area contributed by atoms with Crippen molar-refractivity contribution in [3.63, 3.8) is 0 Å². The van der Waals surface area contributed by atoms with Crippen LogP contribution in [0.5, 0.6) is 0 Å². The maximum absolute atomic E-state index is 11.8. The first kappa shape index (κ1) is 24.0. The summed E-state index contributed by atoms with van der Waals surface area (Å²) in [5, 5.41) is -1.50. The molecule has 1 heterocycles. The number of hydrogen-bond donors (Lipinski definition) is 0. The molecule has 26 heavy (non-hydrogen) atoms. The largest absolute Gasteiger partial charge is 0.352 e. The Labute approximate surface area is 171 Å². The molecule has 0 saturated carbocycles. The molecule has 0 aromatic rings. The Morgan fingerprint density at radius 1 is 0.808 bits per heavy atom. The summed E-state index contributed by atoms with van der Waals surface area (Å²) in [5.74, 6) is 0.357. The summed E-state index contributed by atoms with van der Waals surface area (Å²) in [6, 6.07) is 0. The van der Waals surface area contributed by atoms with E-state index in [4.69, 9.17) is 9.47 Å². The minimum Gasteiger partial charge on any atom is -0.352 e. The SMILES string of the molecule is CCO[C@H]1O[C@H](CSC(C)=O)[C@H](SC(C)=O)[C@@H](SC(C)=O)[C@@H]1SC(C)=O. The van der Waals surface area contributed by atoms with E-state index in [0.29, 0.717) is 12.4 Å². The minimum absolute atomic E-state index is 0.0517. The first-order valence-corrected chi connectivity index (χ1v) is 11.7. The van der Waals surface area contributed by atoms with E-state index in [1.165, 1.54) is 27.7 Å². The average molecular weight is 441 g/mol. The van der Waals surface area contributed by atoms with Crippen molar-refractivity contribution in [1.29, 1.82) is 0 Å². The highest BCUT2D eigenvalue weighted by Gasteiger charge is 2.49. The quantitative estimate of drug-likeness (QED) is 0.589. The van der Waals surface area contributed by atoms with Gasteiger partial charge in [-0.1, -0.05) is 47.0 Å². The fraction of sp³-hybridized carbons (Fsp3) is 0.750. The standard InChI is InChI=1S/C16H24O6S4/c1-6-21-16-15(26-11(5)20)14(25-10(4)19)13(24-9(3)18)12(22-16)7-23-8(2)17/h12-16H,6-7H2,1-5H3/t12-,13+,14-,15+,16+/m1/s1. The number of rotatable bonds is 7. The van der Waals surface area contributed by atoms with Crippen molar-refractivity contribution in [3.8, 4) is 0 Å². The summed E-state index contributed by atoms with van der Waals surface area (Å²) in [4.78, 5) is 46.8. The van der Waals surface area contributed by atoms with Gasteiger partial charge in [-0.25, -0.2) is 0 Å². The van der Waals surface area contributed by atoms with Crippen molar-refractivity contribution < 1.29 is 28.7 Å². The van der Waals surface area contributed by atoms with Gasteiger partial charge in [0.1, 0.15) is 0 Å². The second kappa shape index (κ2) is 11.8. The van der Waals surface area contributed by atoms with Crippen LogP contribution < -0.4 is 0 Å². The van der Waals surface area contributed by atoms with E-state index in [1.54, 1.807) is 0 Å². The molecular formula is C16H24O6S4. The van der Waals surface area contributed by atoms with Gasteiger partial charge < -0.3 is 9.47 Å². The molecule has 0 bridgehead atoms. The van der Waals surface area contributed by atoms with Crippen molar-refractivity contribution in [2.75, 3.05) is 12.4 Å². The lowest BCUT2D eigenvalue weighted by atomic mass is 10.1. The summed E-state index contributed by atoms with van der Waals surface area (Å²) in [5.41, 5.74) is 0. The fourth-order valence-corrected chi connectivity index (χ4v) is 6.95. The van der Waals surface area contributed by atoms with Gasteiger partial charge in [0.25, 0.3) is 0 Å². The molecule has 6 nitrogen and oxygen atoms in total. The highest BCUT2D eigenvalue weighted by atomic mass is 32.2. The molecule has 0 radical (unpaired) electrons. The van der Waals surface area contributed by atoms with Gasteiger partial charge in [0.15, 0.2) is 26.8 Å². The van der Waals surface area contributed by atoms with Gasteiger partial charge in [0, 0.05) is 45.3 Å². The normalized spacial score (nSPS) is 28.6. The van der Waals surface area contributed by atoms with Crippen molar-refractivity contribution in [3.05, 3.63) is 0 Å². The van der Waals surface area contributed by atoms with Gasteiger partial charge >= 0.3 is 0 Å². The van der Waals surface area contributed by atoms with Crippen molar-refractivity contribution in [1.82, 2.24) is 0 Å². The summed E-state index contributed by atoms with van der Waals surface area (Å²) in [6.07, 6.45) is -1.14. The molecule has 0 spiro atoms. The van der Waals surface area contributed by atoms with Gasteiger partial charge in [0.05, 0.1) is 16.6 Å². The second-order valence-corrected chi connectivity index (χ2v) is 10.8. The molecule has 0 amide bonds. The Bertz CT molecular complexity index is 541. The Kier molecular flexibility index (Phi) is 10.9. The van der Waals surface area contributed by atoms with Crippen LogP contribution in [-0.4, -0.2) is 61.0 Å². The topological polar surface area (TPSA) is 86.7 Å². The Balaban J connectivity index is 3.22. The van der Waals surface area contributed by atoms with Crippen LogP contribution in [-0.2, 0) is 28.7 Å². The third-order valence-electron chi connectivity index (χ3n) is 3.28. The van der Waals surface area contributed by atoms with Crippen LogP contribution in [0.15, 0.2) is 0 Å². The predicted octanol–water partition coefficient (Wildman–Crippen LogP) is 2.97. The molecule has 0 unspecified atom stereocenters. The lowest BCUT2D eigenvalue weighted by Gasteiger charge is -2.44. The second-order valence-electron chi connectivity index (χ2n) is 5.52. The van der Waals surface area contributed by atoms with E-state index in [0.717, 1.165) is 47.0 Å². The maximum Gasteiger partial charge on any atom is 0.186 e. The Morgan fingerprint density at radius 2 is 1.31 bits per heavy atom. The molecule has 0 aromatic carbocycles.